The third-order valence-corrected chi connectivity index (χ3v) is 7.47. The summed E-state index contributed by atoms with van der Waals surface area (Å²) in [6.07, 6.45) is 1.78. The smallest absolute Gasteiger partial charge is 0.150 e. The Hall–Kier alpha value is 0.0900. The summed E-state index contributed by atoms with van der Waals surface area (Å²) < 4.78 is 24.5. The average Bonchev–Trinajstić information content (AvgIpc) is 2.91. The van der Waals surface area contributed by atoms with Gasteiger partial charge < -0.3 is 5.32 Å². The lowest BCUT2D eigenvalue weighted by molar-refractivity contribution is 0.347. The molecule has 1 aliphatic heterocycles. The van der Waals surface area contributed by atoms with Gasteiger partial charge in [0.2, 0.25) is 0 Å². The second-order valence-electron chi connectivity index (χ2n) is 5.13. The number of nitrogens with one attached hydrogen (secondary N) is 1. The SMILES string of the molecule is CCNCC(Cc1sccc1Br)C1CCS(=O)(=O)C1. The maximum Gasteiger partial charge on any atom is 0.150 e. The van der Waals surface area contributed by atoms with Gasteiger partial charge in [0.25, 0.3) is 0 Å². The first-order valence-electron chi connectivity index (χ1n) is 6.65. The first-order valence-corrected chi connectivity index (χ1v) is 10.1. The minimum absolute atomic E-state index is 0.304. The molecule has 0 spiro atoms. The molecule has 108 valence electrons. The van der Waals surface area contributed by atoms with Gasteiger partial charge in [-0.3, -0.25) is 0 Å². The Kier molecular flexibility index (Phi) is 5.45. The van der Waals surface area contributed by atoms with Crippen LogP contribution in [0.1, 0.15) is 18.2 Å². The molecule has 2 rings (SSSR count). The van der Waals surface area contributed by atoms with Crippen LogP contribution in [-0.2, 0) is 16.3 Å². The molecule has 6 heteroatoms. The monoisotopic (exact) mass is 365 g/mol. The van der Waals surface area contributed by atoms with Crippen LogP contribution in [0.4, 0.5) is 0 Å². The second kappa shape index (κ2) is 6.70. The molecule has 0 bridgehead atoms. The van der Waals surface area contributed by atoms with Crippen LogP contribution in [0.5, 0.6) is 0 Å². The van der Waals surface area contributed by atoms with E-state index in [4.69, 9.17) is 0 Å². The van der Waals surface area contributed by atoms with E-state index >= 15 is 0 Å². The van der Waals surface area contributed by atoms with E-state index < -0.39 is 9.84 Å². The number of rotatable bonds is 6. The summed E-state index contributed by atoms with van der Waals surface area (Å²) in [6, 6.07) is 2.07. The Balaban J connectivity index is 2.06. The molecule has 2 atom stereocenters. The topological polar surface area (TPSA) is 46.2 Å². The highest BCUT2D eigenvalue weighted by Gasteiger charge is 2.33. The van der Waals surface area contributed by atoms with Crippen molar-refractivity contribution in [3.05, 3.63) is 20.8 Å². The standard InChI is InChI=1S/C13H20BrNO2S2/c1-2-15-8-11(7-13-12(14)3-5-18-13)10-4-6-19(16,17)9-10/h3,5,10-11,15H,2,4,6-9H2,1H3. The zero-order chi connectivity index (χ0) is 13.9. The van der Waals surface area contributed by atoms with Crippen LogP contribution in [-0.4, -0.2) is 33.0 Å². The van der Waals surface area contributed by atoms with Gasteiger partial charge in [0.15, 0.2) is 9.84 Å². The van der Waals surface area contributed by atoms with E-state index in [-0.39, 0.29) is 0 Å². The zero-order valence-electron chi connectivity index (χ0n) is 11.1. The summed E-state index contributed by atoms with van der Waals surface area (Å²) in [4.78, 5) is 1.33. The Bertz CT molecular complexity index is 512. The van der Waals surface area contributed by atoms with Crippen molar-refractivity contribution in [3.63, 3.8) is 0 Å². The number of sulfone groups is 1. The quantitative estimate of drug-likeness (QED) is 0.842. The van der Waals surface area contributed by atoms with E-state index in [1.807, 2.05) is 0 Å². The lowest BCUT2D eigenvalue weighted by Crippen LogP contribution is -2.30. The number of thiophene rings is 1. The molecule has 19 heavy (non-hydrogen) atoms. The van der Waals surface area contributed by atoms with Crippen LogP contribution in [0.3, 0.4) is 0 Å². The second-order valence-corrected chi connectivity index (χ2v) is 9.21. The lowest BCUT2D eigenvalue weighted by Gasteiger charge is -2.22. The first kappa shape index (κ1) is 15.5. The number of hydrogen-bond acceptors (Lipinski definition) is 4. The van der Waals surface area contributed by atoms with Crippen molar-refractivity contribution in [1.82, 2.24) is 5.32 Å². The Morgan fingerprint density at radius 2 is 2.37 bits per heavy atom. The van der Waals surface area contributed by atoms with Crippen LogP contribution in [0.15, 0.2) is 15.9 Å². The maximum absolute atomic E-state index is 11.7. The molecule has 1 aromatic rings. The highest BCUT2D eigenvalue weighted by Crippen LogP contribution is 2.32. The Morgan fingerprint density at radius 3 is 2.89 bits per heavy atom. The first-order chi connectivity index (χ1) is 9.02. The predicted octanol–water partition coefficient (Wildman–Crippen LogP) is 2.71. The summed E-state index contributed by atoms with van der Waals surface area (Å²) in [7, 11) is -2.79. The summed E-state index contributed by atoms with van der Waals surface area (Å²) in [5.41, 5.74) is 0. The molecule has 0 saturated carbocycles. The molecule has 2 heterocycles. The van der Waals surface area contributed by atoms with E-state index in [1.165, 1.54) is 4.88 Å². The van der Waals surface area contributed by atoms with Crippen LogP contribution in [0.2, 0.25) is 0 Å². The predicted molar refractivity (Wildman–Crippen MR) is 84.5 cm³/mol. The Labute approximate surface area is 127 Å². The van der Waals surface area contributed by atoms with Gasteiger partial charge in [-0.15, -0.1) is 11.3 Å². The van der Waals surface area contributed by atoms with E-state index in [0.29, 0.717) is 23.3 Å². The molecule has 1 aromatic heterocycles. The molecule has 0 radical (unpaired) electrons. The van der Waals surface area contributed by atoms with Gasteiger partial charge in [0, 0.05) is 9.35 Å². The fraction of sp³-hybridized carbons (Fsp3) is 0.692. The van der Waals surface area contributed by atoms with Crippen molar-refractivity contribution in [2.24, 2.45) is 11.8 Å². The average molecular weight is 366 g/mol. The fourth-order valence-corrected chi connectivity index (χ4v) is 6.17. The van der Waals surface area contributed by atoms with Gasteiger partial charge in [-0.05, 0) is 65.1 Å². The fourth-order valence-electron chi connectivity index (χ4n) is 2.64. The van der Waals surface area contributed by atoms with Gasteiger partial charge in [-0.2, -0.15) is 0 Å². The van der Waals surface area contributed by atoms with Crippen LogP contribution in [0.25, 0.3) is 0 Å². The molecule has 2 unspecified atom stereocenters. The normalized spacial score (nSPS) is 23.6. The van der Waals surface area contributed by atoms with Gasteiger partial charge in [-0.1, -0.05) is 6.92 Å². The van der Waals surface area contributed by atoms with Gasteiger partial charge in [0.05, 0.1) is 11.5 Å². The minimum Gasteiger partial charge on any atom is -0.317 e. The lowest BCUT2D eigenvalue weighted by atomic mass is 9.88. The van der Waals surface area contributed by atoms with Crippen molar-refractivity contribution in [2.45, 2.75) is 19.8 Å². The van der Waals surface area contributed by atoms with E-state index in [9.17, 15) is 8.42 Å². The van der Waals surface area contributed by atoms with Crippen molar-refractivity contribution in [1.29, 1.82) is 0 Å². The Morgan fingerprint density at radius 1 is 1.58 bits per heavy atom. The van der Waals surface area contributed by atoms with Crippen molar-refractivity contribution >= 4 is 37.1 Å². The summed E-state index contributed by atoms with van der Waals surface area (Å²) in [5, 5.41) is 5.46. The van der Waals surface area contributed by atoms with E-state index in [2.05, 4.69) is 39.6 Å². The van der Waals surface area contributed by atoms with Gasteiger partial charge >= 0.3 is 0 Å². The molecule has 0 aliphatic carbocycles. The highest BCUT2D eigenvalue weighted by molar-refractivity contribution is 9.10. The summed E-state index contributed by atoms with van der Waals surface area (Å²) >= 11 is 5.31. The molecule has 1 fully saturated rings. The summed E-state index contributed by atoms with van der Waals surface area (Å²) in [6.45, 7) is 3.92. The van der Waals surface area contributed by atoms with Crippen molar-refractivity contribution < 1.29 is 8.42 Å². The van der Waals surface area contributed by atoms with Crippen LogP contribution >= 0.6 is 27.3 Å². The van der Waals surface area contributed by atoms with E-state index in [0.717, 1.165) is 30.4 Å². The zero-order valence-corrected chi connectivity index (χ0v) is 14.3. The number of hydrogen-bond donors (Lipinski definition) is 1. The van der Waals surface area contributed by atoms with Gasteiger partial charge in [-0.25, -0.2) is 8.42 Å². The third-order valence-electron chi connectivity index (χ3n) is 3.73. The molecule has 1 N–H and O–H groups in total. The number of halogens is 1. The van der Waals surface area contributed by atoms with E-state index in [1.54, 1.807) is 11.3 Å². The molecular formula is C13H20BrNO2S2. The van der Waals surface area contributed by atoms with Crippen LogP contribution in [0, 0.1) is 11.8 Å². The third kappa shape index (κ3) is 4.28. The minimum atomic E-state index is -2.79. The molecular weight excluding hydrogens is 346 g/mol. The largest absolute Gasteiger partial charge is 0.317 e. The van der Waals surface area contributed by atoms with Crippen molar-refractivity contribution in [2.75, 3.05) is 24.6 Å². The maximum atomic E-state index is 11.7. The molecule has 3 nitrogen and oxygen atoms in total. The summed E-state index contributed by atoms with van der Waals surface area (Å²) in [5.74, 6) is 1.45. The molecule has 1 aliphatic rings. The highest BCUT2D eigenvalue weighted by atomic mass is 79.9. The van der Waals surface area contributed by atoms with Crippen LogP contribution < -0.4 is 5.32 Å². The molecule has 0 aromatic carbocycles. The molecule has 1 saturated heterocycles. The van der Waals surface area contributed by atoms with Crippen molar-refractivity contribution in [3.8, 4) is 0 Å². The van der Waals surface area contributed by atoms with Gasteiger partial charge in [0.1, 0.15) is 0 Å². The molecule has 0 amide bonds.